The molecule has 8 heteroatoms. The number of nitrogens with zero attached hydrogens (tertiary/aromatic N) is 4. The highest BCUT2D eigenvalue weighted by Gasteiger charge is 2.22. The van der Waals surface area contributed by atoms with Crippen LogP contribution in [-0.4, -0.2) is 20.4 Å². The second kappa shape index (κ2) is 10.7. The van der Waals surface area contributed by atoms with Crippen LogP contribution < -0.4 is 5.56 Å². The van der Waals surface area contributed by atoms with Gasteiger partial charge in [0.15, 0.2) is 0 Å². The largest absolute Gasteiger partial charge is 0.342 e. The van der Waals surface area contributed by atoms with Crippen LogP contribution in [0.1, 0.15) is 55.0 Å². The standard InChI is InChI=1S/C30H25BrCl2N4O/c31-22-11-13-27-25(14-22)30(38)37(29(35-27)19-6-2-1-3-7-19)34-16-21-18-36(28-9-5-4-8-24(21)28)17-20-10-12-23(32)15-26(20)33/h4-5,8-16,18-19H,1-3,6-7,17H2. The lowest BCUT2D eigenvalue weighted by molar-refractivity contribution is 0.416. The Kier molecular flexibility index (Phi) is 7.12. The van der Waals surface area contributed by atoms with Crippen molar-refractivity contribution < 1.29 is 0 Å². The van der Waals surface area contributed by atoms with Gasteiger partial charge in [-0.1, -0.05) is 82.7 Å². The second-order valence-corrected chi connectivity index (χ2v) is 11.6. The molecular formula is C30H25BrCl2N4O. The minimum absolute atomic E-state index is 0.148. The normalized spacial score (nSPS) is 14.7. The third kappa shape index (κ3) is 4.93. The molecule has 1 aliphatic rings. The first-order valence-corrected chi connectivity index (χ1v) is 14.3. The van der Waals surface area contributed by atoms with Crippen LogP contribution in [0.15, 0.2) is 81.2 Å². The summed E-state index contributed by atoms with van der Waals surface area (Å²) in [5, 5.41) is 7.61. The second-order valence-electron chi connectivity index (χ2n) is 9.79. The molecule has 6 rings (SSSR count). The quantitative estimate of drug-likeness (QED) is 0.188. The highest BCUT2D eigenvalue weighted by Crippen LogP contribution is 2.32. The number of benzene rings is 3. The maximum Gasteiger partial charge on any atom is 0.282 e. The van der Waals surface area contributed by atoms with Crippen LogP contribution in [0, 0.1) is 0 Å². The van der Waals surface area contributed by atoms with Gasteiger partial charge in [0, 0.05) is 49.6 Å². The van der Waals surface area contributed by atoms with E-state index in [9.17, 15) is 4.79 Å². The van der Waals surface area contributed by atoms with Gasteiger partial charge >= 0.3 is 0 Å². The Bertz CT molecular complexity index is 1750. The first-order chi connectivity index (χ1) is 18.5. The Hall–Kier alpha value is -2.93. The fraction of sp³-hybridized carbons (Fsp3) is 0.233. The Morgan fingerprint density at radius 3 is 2.63 bits per heavy atom. The summed E-state index contributed by atoms with van der Waals surface area (Å²) in [7, 11) is 0. The molecule has 0 N–H and O–H groups in total. The molecule has 2 aromatic heterocycles. The van der Waals surface area contributed by atoms with E-state index in [2.05, 4.69) is 38.8 Å². The van der Waals surface area contributed by atoms with Crippen LogP contribution >= 0.6 is 39.1 Å². The van der Waals surface area contributed by atoms with E-state index in [1.54, 1.807) is 12.3 Å². The van der Waals surface area contributed by atoms with Crippen LogP contribution in [-0.2, 0) is 6.54 Å². The van der Waals surface area contributed by atoms with Gasteiger partial charge in [0.2, 0.25) is 0 Å². The lowest BCUT2D eigenvalue weighted by Crippen LogP contribution is -2.25. The van der Waals surface area contributed by atoms with E-state index >= 15 is 0 Å². The molecule has 0 aliphatic heterocycles. The number of halogens is 3. The molecule has 1 saturated carbocycles. The van der Waals surface area contributed by atoms with Gasteiger partial charge in [0.1, 0.15) is 5.82 Å². The smallest absolute Gasteiger partial charge is 0.282 e. The molecule has 0 spiro atoms. The van der Waals surface area contributed by atoms with Crippen LogP contribution in [0.4, 0.5) is 0 Å². The van der Waals surface area contributed by atoms with E-state index in [4.69, 9.17) is 33.3 Å². The zero-order valence-electron chi connectivity index (χ0n) is 20.6. The van der Waals surface area contributed by atoms with E-state index in [1.807, 2.05) is 42.5 Å². The molecule has 5 nitrogen and oxygen atoms in total. The molecule has 192 valence electrons. The average Bonchev–Trinajstić information content (AvgIpc) is 3.28. The number of aromatic nitrogens is 3. The van der Waals surface area contributed by atoms with Gasteiger partial charge in [-0.15, -0.1) is 0 Å². The maximum absolute atomic E-state index is 13.7. The number of rotatable bonds is 5. The van der Waals surface area contributed by atoms with Crippen LogP contribution in [0.2, 0.25) is 10.0 Å². The minimum Gasteiger partial charge on any atom is -0.342 e. The van der Waals surface area contributed by atoms with E-state index < -0.39 is 0 Å². The summed E-state index contributed by atoms with van der Waals surface area (Å²) in [5.74, 6) is 0.965. The summed E-state index contributed by atoms with van der Waals surface area (Å²) in [6.07, 6.45) is 9.38. The molecule has 5 aromatic rings. The molecule has 2 heterocycles. The molecule has 3 aromatic carbocycles. The van der Waals surface area contributed by atoms with Crippen molar-refractivity contribution in [3.05, 3.63) is 109 Å². The minimum atomic E-state index is -0.148. The Morgan fingerprint density at radius 2 is 1.82 bits per heavy atom. The Labute approximate surface area is 238 Å². The molecule has 1 aliphatic carbocycles. The van der Waals surface area contributed by atoms with Crippen LogP contribution in [0.5, 0.6) is 0 Å². The van der Waals surface area contributed by atoms with Crippen molar-refractivity contribution in [3.8, 4) is 0 Å². The van der Waals surface area contributed by atoms with Gasteiger partial charge in [-0.2, -0.15) is 9.78 Å². The fourth-order valence-corrected chi connectivity index (χ4v) is 6.19. The summed E-state index contributed by atoms with van der Waals surface area (Å²) in [6, 6.07) is 19.4. The van der Waals surface area contributed by atoms with Crippen molar-refractivity contribution in [1.29, 1.82) is 0 Å². The van der Waals surface area contributed by atoms with Gasteiger partial charge in [0.25, 0.3) is 5.56 Å². The lowest BCUT2D eigenvalue weighted by Gasteiger charge is -2.22. The summed E-state index contributed by atoms with van der Waals surface area (Å²) < 4.78 is 4.51. The third-order valence-electron chi connectivity index (χ3n) is 7.29. The van der Waals surface area contributed by atoms with Crippen LogP contribution in [0.3, 0.4) is 0 Å². The zero-order valence-corrected chi connectivity index (χ0v) is 23.7. The third-order valence-corrected chi connectivity index (χ3v) is 8.37. The summed E-state index contributed by atoms with van der Waals surface area (Å²) in [6.45, 7) is 0.586. The van der Waals surface area contributed by atoms with E-state index in [-0.39, 0.29) is 11.5 Å². The monoisotopic (exact) mass is 606 g/mol. The molecule has 0 bridgehead atoms. The van der Waals surface area contributed by atoms with Crippen LogP contribution in [0.25, 0.3) is 21.8 Å². The van der Waals surface area contributed by atoms with Crippen molar-refractivity contribution in [1.82, 2.24) is 14.2 Å². The van der Waals surface area contributed by atoms with Gasteiger partial charge in [-0.25, -0.2) is 4.98 Å². The zero-order chi connectivity index (χ0) is 26.2. The predicted molar refractivity (Wildman–Crippen MR) is 160 cm³/mol. The molecule has 0 amide bonds. The molecule has 0 radical (unpaired) electrons. The van der Waals surface area contributed by atoms with Gasteiger partial charge in [-0.3, -0.25) is 4.79 Å². The molecule has 0 atom stereocenters. The maximum atomic E-state index is 13.7. The first kappa shape index (κ1) is 25.4. The predicted octanol–water partition coefficient (Wildman–Crippen LogP) is 8.40. The SMILES string of the molecule is O=c1c2cc(Br)ccc2nc(C2CCCCC2)n1N=Cc1cn(Cc2ccc(Cl)cc2Cl)c2ccccc12. The Morgan fingerprint density at radius 1 is 1.00 bits per heavy atom. The van der Waals surface area contributed by atoms with Crippen molar-refractivity contribution >= 4 is 67.2 Å². The molecule has 0 unspecified atom stereocenters. The van der Waals surface area contributed by atoms with Crippen molar-refractivity contribution in [2.24, 2.45) is 5.10 Å². The molecule has 0 saturated heterocycles. The fourth-order valence-electron chi connectivity index (χ4n) is 5.36. The van der Waals surface area contributed by atoms with E-state index in [0.29, 0.717) is 27.5 Å². The summed E-state index contributed by atoms with van der Waals surface area (Å²) in [5.41, 5.74) is 3.51. The Balaban J connectivity index is 1.45. The highest BCUT2D eigenvalue weighted by atomic mass is 79.9. The van der Waals surface area contributed by atoms with Gasteiger partial charge in [0.05, 0.1) is 17.1 Å². The summed E-state index contributed by atoms with van der Waals surface area (Å²) in [4.78, 5) is 18.6. The molecular weight excluding hydrogens is 583 g/mol. The van der Waals surface area contributed by atoms with E-state index in [1.165, 1.54) is 11.1 Å². The number of hydrogen-bond donors (Lipinski definition) is 0. The number of para-hydroxylation sites is 1. The van der Waals surface area contributed by atoms with E-state index in [0.717, 1.165) is 58.0 Å². The first-order valence-electron chi connectivity index (χ1n) is 12.8. The number of fused-ring (bicyclic) bond motifs is 2. The molecule has 1 fully saturated rings. The van der Waals surface area contributed by atoms with Gasteiger partial charge in [-0.05, 0) is 54.8 Å². The van der Waals surface area contributed by atoms with Crippen molar-refractivity contribution in [2.45, 2.75) is 44.6 Å². The van der Waals surface area contributed by atoms with Gasteiger partial charge < -0.3 is 4.57 Å². The lowest BCUT2D eigenvalue weighted by atomic mass is 9.88. The average molecular weight is 608 g/mol. The molecule has 38 heavy (non-hydrogen) atoms. The highest BCUT2D eigenvalue weighted by molar-refractivity contribution is 9.10. The topological polar surface area (TPSA) is 52.2 Å². The van der Waals surface area contributed by atoms with Crippen molar-refractivity contribution in [2.75, 3.05) is 0 Å². The summed E-state index contributed by atoms with van der Waals surface area (Å²) >= 11 is 16.1. The van der Waals surface area contributed by atoms with Crippen molar-refractivity contribution in [3.63, 3.8) is 0 Å². The number of hydrogen-bond acceptors (Lipinski definition) is 3.